The van der Waals surface area contributed by atoms with Crippen LogP contribution in [0, 0.1) is 5.92 Å². The second-order valence-corrected chi connectivity index (χ2v) is 6.46. The van der Waals surface area contributed by atoms with Gasteiger partial charge in [-0.2, -0.15) is 0 Å². The van der Waals surface area contributed by atoms with E-state index in [0.29, 0.717) is 18.0 Å². The molecule has 3 heteroatoms. The number of hydrogen-bond donors (Lipinski definition) is 1. The fourth-order valence-corrected chi connectivity index (χ4v) is 3.26. The monoisotopic (exact) mass is 289 g/mol. The molecule has 2 rings (SSSR count). The molecule has 1 saturated heterocycles. The summed E-state index contributed by atoms with van der Waals surface area (Å²) in [5.74, 6) is 0.660. The van der Waals surface area contributed by atoms with E-state index < -0.39 is 0 Å². The Morgan fingerprint density at radius 1 is 1.19 bits per heavy atom. The average molecular weight is 289 g/mol. The van der Waals surface area contributed by atoms with E-state index in [1.807, 2.05) is 0 Å². The SMILES string of the molecule is CCN(CC)c1ccc(N2CC(C)NCC2C(C)C)cc1. The fourth-order valence-electron chi connectivity index (χ4n) is 3.26. The molecule has 1 aromatic carbocycles. The predicted molar refractivity (Wildman–Crippen MR) is 93.4 cm³/mol. The van der Waals surface area contributed by atoms with Crippen molar-refractivity contribution in [3.8, 4) is 0 Å². The number of nitrogens with zero attached hydrogens (tertiary/aromatic N) is 2. The molecule has 1 aliphatic heterocycles. The van der Waals surface area contributed by atoms with Gasteiger partial charge in [0.1, 0.15) is 0 Å². The quantitative estimate of drug-likeness (QED) is 0.897. The lowest BCUT2D eigenvalue weighted by atomic mass is 9.98. The van der Waals surface area contributed by atoms with Gasteiger partial charge in [-0.3, -0.25) is 0 Å². The van der Waals surface area contributed by atoms with Crippen LogP contribution in [-0.2, 0) is 0 Å². The standard InChI is InChI=1S/C18H31N3/c1-6-20(7-2)16-8-10-17(11-9-16)21-13-15(5)19-12-18(21)14(3)4/h8-11,14-15,18-19H,6-7,12-13H2,1-5H3. The van der Waals surface area contributed by atoms with E-state index in [2.05, 4.69) is 74.0 Å². The summed E-state index contributed by atoms with van der Waals surface area (Å²) in [6, 6.07) is 10.3. The summed E-state index contributed by atoms with van der Waals surface area (Å²) < 4.78 is 0. The summed E-state index contributed by atoms with van der Waals surface area (Å²) in [6.45, 7) is 15.6. The average Bonchev–Trinajstić information content (AvgIpc) is 2.49. The zero-order chi connectivity index (χ0) is 15.4. The highest BCUT2D eigenvalue weighted by atomic mass is 15.2. The van der Waals surface area contributed by atoms with Crippen LogP contribution in [0.3, 0.4) is 0 Å². The second kappa shape index (κ2) is 7.17. The van der Waals surface area contributed by atoms with Crippen LogP contribution < -0.4 is 15.1 Å². The first-order valence-electron chi connectivity index (χ1n) is 8.41. The molecule has 0 amide bonds. The van der Waals surface area contributed by atoms with Gasteiger partial charge in [-0.15, -0.1) is 0 Å². The Morgan fingerprint density at radius 2 is 1.81 bits per heavy atom. The zero-order valence-corrected chi connectivity index (χ0v) is 14.3. The lowest BCUT2D eigenvalue weighted by molar-refractivity contribution is 0.349. The maximum atomic E-state index is 3.61. The van der Waals surface area contributed by atoms with Crippen molar-refractivity contribution >= 4 is 11.4 Å². The van der Waals surface area contributed by atoms with Gasteiger partial charge in [0.05, 0.1) is 0 Å². The van der Waals surface area contributed by atoms with Gasteiger partial charge in [0.15, 0.2) is 0 Å². The van der Waals surface area contributed by atoms with Gasteiger partial charge in [0, 0.05) is 49.6 Å². The lowest BCUT2D eigenvalue weighted by Gasteiger charge is -2.43. The third-order valence-corrected chi connectivity index (χ3v) is 4.63. The number of piperazine rings is 1. The third-order valence-electron chi connectivity index (χ3n) is 4.63. The smallest absolute Gasteiger partial charge is 0.0438 e. The van der Waals surface area contributed by atoms with Gasteiger partial charge in [0.2, 0.25) is 0 Å². The van der Waals surface area contributed by atoms with Crippen molar-refractivity contribution in [1.29, 1.82) is 0 Å². The van der Waals surface area contributed by atoms with Crippen molar-refractivity contribution in [3.05, 3.63) is 24.3 Å². The van der Waals surface area contributed by atoms with Crippen molar-refractivity contribution in [3.63, 3.8) is 0 Å². The number of benzene rings is 1. The first kappa shape index (κ1) is 16.2. The molecule has 3 nitrogen and oxygen atoms in total. The molecular weight excluding hydrogens is 258 g/mol. The minimum Gasteiger partial charge on any atom is -0.372 e. The van der Waals surface area contributed by atoms with E-state index in [1.165, 1.54) is 11.4 Å². The largest absolute Gasteiger partial charge is 0.372 e. The Labute approximate surface area is 130 Å². The minimum absolute atomic E-state index is 0.558. The van der Waals surface area contributed by atoms with E-state index >= 15 is 0 Å². The van der Waals surface area contributed by atoms with E-state index in [1.54, 1.807) is 0 Å². The van der Waals surface area contributed by atoms with Crippen molar-refractivity contribution in [1.82, 2.24) is 5.32 Å². The highest BCUT2D eigenvalue weighted by Crippen LogP contribution is 2.26. The zero-order valence-electron chi connectivity index (χ0n) is 14.3. The molecule has 1 heterocycles. The number of rotatable bonds is 5. The highest BCUT2D eigenvalue weighted by Gasteiger charge is 2.28. The molecule has 118 valence electrons. The first-order valence-corrected chi connectivity index (χ1v) is 8.41. The van der Waals surface area contributed by atoms with Crippen molar-refractivity contribution in [2.45, 2.75) is 46.7 Å². The number of anilines is 2. The van der Waals surface area contributed by atoms with Crippen molar-refractivity contribution in [2.24, 2.45) is 5.92 Å². The Balaban J connectivity index is 2.19. The Morgan fingerprint density at radius 3 is 2.33 bits per heavy atom. The minimum atomic E-state index is 0.558. The molecule has 21 heavy (non-hydrogen) atoms. The Kier molecular flexibility index (Phi) is 5.51. The summed E-state index contributed by atoms with van der Waals surface area (Å²) in [5.41, 5.74) is 2.69. The number of nitrogens with one attached hydrogen (secondary N) is 1. The highest BCUT2D eigenvalue weighted by molar-refractivity contribution is 5.57. The lowest BCUT2D eigenvalue weighted by Crippen LogP contribution is -2.57. The topological polar surface area (TPSA) is 18.5 Å². The first-order chi connectivity index (χ1) is 10.1. The molecule has 2 atom stereocenters. The van der Waals surface area contributed by atoms with E-state index in [-0.39, 0.29) is 0 Å². The molecule has 1 aliphatic rings. The molecule has 0 bridgehead atoms. The maximum Gasteiger partial charge on any atom is 0.0438 e. The summed E-state index contributed by atoms with van der Waals surface area (Å²) >= 11 is 0. The molecule has 0 radical (unpaired) electrons. The van der Waals surface area contributed by atoms with Gasteiger partial charge in [-0.25, -0.2) is 0 Å². The van der Waals surface area contributed by atoms with Crippen molar-refractivity contribution in [2.75, 3.05) is 36.0 Å². The Bertz CT molecular complexity index is 423. The number of hydrogen-bond acceptors (Lipinski definition) is 3. The molecule has 1 N–H and O–H groups in total. The molecular formula is C18H31N3. The van der Waals surface area contributed by atoms with Gasteiger partial charge in [-0.05, 0) is 51.0 Å². The van der Waals surface area contributed by atoms with E-state index in [4.69, 9.17) is 0 Å². The van der Waals surface area contributed by atoms with Crippen molar-refractivity contribution < 1.29 is 0 Å². The molecule has 0 spiro atoms. The normalized spacial score (nSPS) is 22.7. The van der Waals surface area contributed by atoms with Crippen LogP contribution in [0.4, 0.5) is 11.4 Å². The van der Waals surface area contributed by atoms with Crippen LogP contribution in [0.5, 0.6) is 0 Å². The third kappa shape index (κ3) is 3.70. The van der Waals surface area contributed by atoms with Crippen LogP contribution in [-0.4, -0.2) is 38.3 Å². The Hall–Kier alpha value is -1.22. The summed E-state index contributed by atoms with van der Waals surface area (Å²) in [7, 11) is 0. The molecule has 1 aromatic rings. The second-order valence-electron chi connectivity index (χ2n) is 6.46. The molecule has 2 unspecified atom stereocenters. The van der Waals surface area contributed by atoms with Crippen LogP contribution in [0.15, 0.2) is 24.3 Å². The maximum absolute atomic E-state index is 3.61. The molecule has 1 fully saturated rings. The molecule has 0 saturated carbocycles. The summed E-state index contributed by atoms with van der Waals surface area (Å²) in [5, 5.41) is 3.61. The van der Waals surface area contributed by atoms with Crippen LogP contribution in [0.25, 0.3) is 0 Å². The summed E-state index contributed by atoms with van der Waals surface area (Å²) in [6.07, 6.45) is 0. The van der Waals surface area contributed by atoms with Crippen LogP contribution in [0.2, 0.25) is 0 Å². The van der Waals surface area contributed by atoms with Gasteiger partial charge < -0.3 is 15.1 Å². The van der Waals surface area contributed by atoms with Crippen LogP contribution >= 0.6 is 0 Å². The van der Waals surface area contributed by atoms with Gasteiger partial charge >= 0.3 is 0 Å². The fraction of sp³-hybridized carbons (Fsp3) is 0.667. The molecule has 0 aliphatic carbocycles. The predicted octanol–water partition coefficient (Wildman–Crippen LogP) is 3.36. The van der Waals surface area contributed by atoms with Gasteiger partial charge in [0.25, 0.3) is 0 Å². The van der Waals surface area contributed by atoms with Crippen LogP contribution in [0.1, 0.15) is 34.6 Å². The summed E-state index contributed by atoms with van der Waals surface area (Å²) in [4.78, 5) is 4.97. The van der Waals surface area contributed by atoms with E-state index in [0.717, 1.165) is 26.2 Å². The molecule has 0 aromatic heterocycles. The van der Waals surface area contributed by atoms with E-state index in [9.17, 15) is 0 Å². The van der Waals surface area contributed by atoms with Gasteiger partial charge in [-0.1, -0.05) is 13.8 Å².